The molecule has 1 aromatic carbocycles. The minimum atomic E-state index is -0.904. The van der Waals surface area contributed by atoms with Crippen LogP contribution in [0, 0.1) is 0 Å². The molecule has 0 aromatic heterocycles. The van der Waals surface area contributed by atoms with Gasteiger partial charge in [0.1, 0.15) is 12.3 Å². The largest absolute Gasteiger partial charge is 0.508 e. The van der Waals surface area contributed by atoms with E-state index < -0.39 is 5.97 Å². The number of phenolic OH excluding ortho intramolecular Hbond substituents is 1. The van der Waals surface area contributed by atoms with Crippen LogP contribution in [-0.4, -0.2) is 37.3 Å². The Kier molecular flexibility index (Phi) is 2.74. The third-order valence-electron chi connectivity index (χ3n) is 2.59. The van der Waals surface area contributed by atoms with E-state index in [1.54, 1.807) is 24.1 Å². The summed E-state index contributed by atoms with van der Waals surface area (Å²) in [5.41, 5.74) is 2.60. The molecular formula is C10H12BNO4. The predicted octanol–water partition coefficient (Wildman–Crippen LogP) is -0.580. The van der Waals surface area contributed by atoms with Crippen molar-refractivity contribution in [3.63, 3.8) is 0 Å². The number of aliphatic carboxylic acids is 1. The van der Waals surface area contributed by atoms with E-state index in [4.69, 9.17) is 9.76 Å². The van der Waals surface area contributed by atoms with Crippen LogP contribution in [0.2, 0.25) is 0 Å². The molecule has 0 bridgehead atoms. The zero-order valence-corrected chi connectivity index (χ0v) is 8.93. The van der Waals surface area contributed by atoms with Gasteiger partial charge in [-0.2, -0.15) is 0 Å². The second-order valence-corrected chi connectivity index (χ2v) is 3.85. The van der Waals surface area contributed by atoms with E-state index in [1.165, 1.54) is 0 Å². The summed E-state index contributed by atoms with van der Waals surface area (Å²) in [6.07, 6.45) is 0. The molecule has 84 valence electrons. The first kappa shape index (κ1) is 10.8. The molecule has 6 heteroatoms. The van der Waals surface area contributed by atoms with E-state index in [0.717, 1.165) is 16.7 Å². The summed E-state index contributed by atoms with van der Waals surface area (Å²) < 4.78 is 5.28. The average Bonchev–Trinajstić information content (AvgIpc) is 2.62. The number of nitrogens with zero attached hydrogens (tertiary/aromatic N) is 1. The summed E-state index contributed by atoms with van der Waals surface area (Å²) in [7, 11) is 2.15. The molecule has 2 rings (SSSR count). The van der Waals surface area contributed by atoms with Crippen LogP contribution in [-0.2, 0) is 16.1 Å². The third-order valence-corrected chi connectivity index (χ3v) is 2.59. The zero-order valence-electron chi connectivity index (χ0n) is 8.93. The van der Waals surface area contributed by atoms with Crippen LogP contribution in [0.1, 0.15) is 5.56 Å². The molecule has 0 amide bonds. The highest BCUT2D eigenvalue weighted by Crippen LogP contribution is 2.23. The molecule has 0 aliphatic carbocycles. The van der Waals surface area contributed by atoms with Gasteiger partial charge < -0.3 is 19.8 Å². The predicted molar refractivity (Wildman–Crippen MR) is 60.6 cm³/mol. The second-order valence-electron chi connectivity index (χ2n) is 3.85. The summed E-state index contributed by atoms with van der Waals surface area (Å²) in [5.74, 6) is -0.769. The second kappa shape index (κ2) is 4.06. The van der Waals surface area contributed by atoms with Gasteiger partial charge in [-0.3, -0.25) is 4.79 Å². The molecular weight excluding hydrogens is 209 g/mol. The fourth-order valence-electron chi connectivity index (χ4n) is 1.89. The molecule has 0 saturated carbocycles. The molecule has 1 heterocycles. The number of fused-ring (bicyclic) bond motifs is 1. The van der Waals surface area contributed by atoms with Crippen molar-refractivity contribution in [2.45, 2.75) is 6.61 Å². The van der Waals surface area contributed by atoms with Crippen LogP contribution in [0.4, 0.5) is 5.69 Å². The maximum atomic E-state index is 10.6. The van der Waals surface area contributed by atoms with Crippen molar-refractivity contribution in [1.29, 1.82) is 0 Å². The fourth-order valence-corrected chi connectivity index (χ4v) is 1.89. The minimum absolute atomic E-state index is 0.101. The lowest BCUT2D eigenvalue weighted by Gasteiger charge is -2.20. The van der Waals surface area contributed by atoms with Crippen molar-refractivity contribution in [2.75, 3.05) is 18.5 Å². The number of hydrogen-bond donors (Lipinski definition) is 2. The molecule has 5 nitrogen and oxygen atoms in total. The monoisotopic (exact) mass is 221 g/mol. The molecule has 1 aliphatic heterocycles. The van der Waals surface area contributed by atoms with Crippen LogP contribution in [0.25, 0.3) is 0 Å². The Hall–Kier alpha value is -1.69. The van der Waals surface area contributed by atoms with E-state index in [0.29, 0.717) is 14.1 Å². The topological polar surface area (TPSA) is 70.0 Å². The summed E-state index contributed by atoms with van der Waals surface area (Å²) >= 11 is 0. The quantitative estimate of drug-likeness (QED) is 0.668. The summed E-state index contributed by atoms with van der Waals surface area (Å²) in [4.78, 5) is 12.2. The molecule has 16 heavy (non-hydrogen) atoms. The SMILES string of the molecule is CN(CC(=O)O)c1cc(O)cc2c1BOC2. The van der Waals surface area contributed by atoms with E-state index in [9.17, 15) is 9.90 Å². The van der Waals surface area contributed by atoms with Crippen molar-refractivity contribution in [3.8, 4) is 5.75 Å². The van der Waals surface area contributed by atoms with Crippen LogP contribution in [0.3, 0.4) is 0 Å². The minimum Gasteiger partial charge on any atom is -0.508 e. The third kappa shape index (κ3) is 1.97. The van der Waals surface area contributed by atoms with Gasteiger partial charge in [-0.05, 0) is 17.1 Å². The number of likely N-dealkylation sites (N-methyl/N-ethyl adjacent to an activating group) is 1. The molecule has 1 aromatic rings. The first-order valence-electron chi connectivity index (χ1n) is 4.93. The number of benzene rings is 1. The molecule has 0 unspecified atom stereocenters. The lowest BCUT2D eigenvalue weighted by atomic mass is 9.85. The van der Waals surface area contributed by atoms with E-state index in [2.05, 4.69) is 0 Å². The number of aromatic hydroxyl groups is 1. The van der Waals surface area contributed by atoms with Gasteiger partial charge in [0, 0.05) is 18.8 Å². The molecule has 0 radical (unpaired) electrons. The molecule has 0 spiro atoms. The van der Waals surface area contributed by atoms with Gasteiger partial charge in [-0.1, -0.05) is 0 Å². The summed E-state index contributed by atoms with van der Waals surface area (Å²) in [6.45, 7) is 0.369. The Labute approximate surface area is 93.5 Å². The van der Waals surface area contributed by atoms with Crippen LogP contribution in [0.5, 0.6) is 5.75 Å². The van der Waals surface area contributed by atoms with Crippen molar-refractivity contribution < 1.29 is 19.7 Å². The van der Waals surface area contributed by atoms with Gasteiger partial charge >= 0.3 is 13.5 Å². The Morgan fingerprint density at radius 3 is 3.06 bits per heavy atom. The number of carbonyl (C=O) groups is 1. The first-order valence-corrected chi connectivity index (χ1v) is 4.93. The number of rotatable bonds is 3. The maximum absolute atomic E-state index is 10.6. The van der Waals surface area contributed by atoms with E-state index in [-0.39, 0.29) is 12.3 Å². The Balaban J connectivity index is 2.36. The Bertz CT molecular complexity index is 435. The number of carboxylic acid groups (broad SMARTS) is 1. The van der Waals surface area contributed by atoms with Crippen LogP contribution < -0.4 is 10.4 Å². The molecule has 0 atom stereocenters. The van der Waals surface area contributed by atoms with Gasteiger partial charge in [0.2, 0.25) is 0 Å². The normalized spacial score (nSPS) is 13.1. The number of phenols is 1. The highest BCUT2D eigenvalue weighted by Gasteiger charge is 2.21. The highest BCUT2D eigenvalue weighted by atomic mass is 16.4. The molecule has 1 aliphatic rings. The van der Waals surface area contributed by atoms with Crippen LogP contribution in [0.15, 0.2) is 12.1 Å². The molecule has 0 fully saturated rings. The number of carboxylic acids is 1. The smallest absolute Gasteiger partial charge is 0.323 e. The average molecular weight is 221 g/mol. The molecule has 2 N–H and O–H groups in total. The lowest BCUT2D eigenvalue weighted by Crippen LogP contribution is -2.31. The van der Waals surface area contributed by atoms with Crippen molar-refractivity contribution in [3.05, 3.63) is 17.7 Å². The Morgan fingerprint density at radius 2 is 2.38 bits per heavy atom. The van der Waals surface area contributed by atoms with Gasteiger partial charge in [0.25, 0.3) is 0 Å². The first-order chi connectivity index (χ1) is 7.58. The summed E-state index contributed by atoms with van der Waals surface area (Å²) in [6, 6.07) is 3.22. The van der Waals surface area contributed by atoms with Crippen LogP contribution >= 0.6 is 0 Å². The highest BCUT2D eigenvalue weighted by molar-refractivity contribution is 6.51. The van der Waals surface area contributed by atoms with Crippen molar-refractivity contribution in [1.82, 2.24) is 0 Å². The van der Waals surface area contributed by atoms with Crippen molar-refractivity contribution >= 4 is 24.6 Å². The van der Waals surface area contributed by atoms with Gasteiger partial charge in [-0.15, -0.1) is 0 Å². The van der Waals surface area contributed by atoms with Gasteiger partial charge in [-0.25, -0.2) is 0 Å². The zero-order chi connectivity index (χ0) is 11.7. The Morgan fingerprint density at radius 1 is 1.62 bits per heavy atom. The lowest BCUT2D eigenvalue weighted by molar-refractivity contribution is -0.135. The maximum Gasteiger partial charge on any atom is 0.323 e. The van der Waals surface area contributed by atoms with E-state index >= 15 is 0 Å². The number of anilines is 1. The fraction of sp³-hybridized carbons (Fsp3) is 0.300. The van der Waals surface area contributed by atoms with Gasteiger partial charge in [0.15, 0.2) is 0 Å². The van der Waals surface area contributed by atoms with Crippen molar-refractivity contribution in [2.24, 2.45) is 0 Å². The standard InChI is InChI=1S/C10H12BNO4/c1-12(4-9(14)15)8-3-7(13)2-6-5-16-11-10(6)8/h2-3,11,13H,4-5H2,1H3,(H,14,15). The number of hydrogen-bond acceptors (Lipinski definition) is 4. The van der Waals surface area contributed by atoms with E-state index in [1.807, 2.05) is 0 Å². The molecule has 0 saturated heterocycles. The van der Waals surface area contributed by atoms with Gasteiger partial charge in [0.05, 0.1) is 6.61 Å². The summed E-state index contributed by atoms with van der Waals surface area (Å²) in [5, 5.41) is 18.3.